The van der Waals surface area contributed by atoms with Crippen molar-refractivity contribution < 1.29 is 9.53 Å². The molecule has 0 radical (unpaired) electrons. The summed E-state index contributed by atoms with van der Waals surface area (Å²) in [4.78, 5) is 27.5. The Bertz CT molecular complexity index is 1690. The molecule has 3 aliphatic rings. The number of ether oxygens (including phenoxy) is 1. The Kier molecular flexibility index (Phi) is 10.4. The zero-order valence-electron chi connectivity index (χ0n) is 29.7. The van der Waals surface area contributed by atoms with Crippen molar-refractivity contribution in [3.05, 3.63) is 98.0 Å². The summed E-state index contributed by atoms with van der Waals surface area (Å²) >= 11 is 19.9. The molecule has 3 aromatic carbocycles. The molecule has 3 heterocycles. The molecule has 262 valence electrons. The van der Waals surface area contributed by atoms with Crippen LogP contribution >= 0.6 is 34.8 Å². The summed E-state index contributed by atoms with van der Waals surface area (Å²) in [6, 6.07) is 20.0. The first-order valence-electron chi connectivity index (χ1n) is 17.7. The van der Waals surface area contributed by atoms with Crippen LogP contribution in [0, 0.1) is 0 Å². The fourth-order valence-electron chi connectivity index (χ4n) is 7.99. The van der Waals surface area contributed by atoms with Crippen LogP contribution in [0.25, 0.3) is 0 Å². The molecule has 49 heavy (non-hydrogen) atoms. The van der Waals surface area contributed by atoms with Gasteiger partial charge in [0.25, 0.3) is 0 Å². The van der Waals surface area contributed by atoms with Gasteiger partial charge in [-0.2, -0.15) is 0 Å². The van der Waals surface area contributed by atoms with Gasteiger partial charge in [0, 0.05) is 34.2 Å². The first-order chi connectivity index (χ1) is 23.3. The average Bonchev–Trinajstić information content (AvgIpc) is 3.33. The highest BCUT2D eigenvalue weighted by atomic mass is 35.5. The molecular weight excluding hydrogens is 675 g/mol. The van der Waals surface area contributed by atoms with Crippen molar-refractivity contribution in [2.24, 2.45) is 4.99 Å². The molecule has 0 unspecified atom stereocenters. The van der Waals surface area contributed by atoms with E-state index in [0.717, 1.165) is 42.6 Å². The Morgan fingerprint density at radius 1 is 0.857 bits per heavy atom. The van der Waals surface area contributed by atoms with E-state index < -0.39 is 11.1 Å². The van der Waals surface area contributed by atoms with E-state index in [0.29, 0.717) is 58.0 Å². The van der Waals surface area contributed by atoms with Gasteiger partial charge in [-0.1, -0.05) is 86.3 Å². The van der Waals surface area contributed by atoms with E-state index in [2.05, 4.69) is 39.5 Å². The van der Waals surface area contributed by atoms with Gasteiger partial charge in [0.05, 0.1) is 12.2 Å². The SMILES string of the molecule is CCOc1cc(C(C)(C)C)c(Cl)cc1C1=N[C@@](C)(c2ccc(Cl)cc2)[C@](C)(c2ccc(Cl)cc2)N1C(=O)N1CCC(N2CCCCC2)CC1. The number of nitrogens with zero attached hydrogens (tertiary/aromatic N) is 4. The molecule has 2 saturated heterocycles. The third kappa shape index (κ3) is 6.71. The number of rotatable bonds is 6. The highest BCUT2D eigenvalue weighted by Crippen LogP contribution is 2.54. The molecule has 0 saturated carbocycles. The second-order valence-electron chi connectivity index (χ2n) is 15.0. The molecule has 0 N–H and O–H groups in total. The Balaban J connectivity index is 1.53. The van der Waals surface area contributed by atoms with Crippen molar-refractivity contribution in [2.75, 3.05) is 32.8 Å². The molecule has 3 aromatic rings. The number of benzene rings is 3. The Labute approximate surface area is 307 Å². The van der Waals surface area contributed by atoms with Crippen LogP contribution in [0.3, 0.4) is 0 Å². The smallest absolute Gasteiger partial charge is 0.326 e. The fraction of sp³-hybridized carbons (Fsp3) is 0.500. The van der Waals surface area contributed by atoms with Crippen molar-refractivity contribution >= 4 is 46.7 Å². The zero-order chi connectivity index (χ0) is 35.1. The Morgan fingerprint density at radius 2 is 1.43 bits per heavy atom. The van der Waals surface area contributed by atoms with Crippen LogP contribution in [0.5, 0.6) is 5.75 Å². The molecule has 0 bridgehead atoms. The van der Waals surface area contributed by atoms with E-state index >= 15 is 4.79 Å². The maximum absolute atomic E-state index is 15.3. The number of piperidine rings is 2. The predicted molar refractivity (Wildman–Crippen MR) is 203 cm³/mol. The molecular formula is C40H49Cl3N4O2. The summed E-state index contributed by atoms with van der Waals surface area (Å²) in [5, 5.41) is 1.87. The predicted octanol–water partition coefficient (Wildman–Crippen LogP) is 10.3. The van der Waals surface area contributed by atoms with Gasteiger partial charge in [-0.15, -0.1) is 0 Å². The molecule has 2 amide bonds. The maximum Gasteiger partial charge on any atom is 0.326 e. The molecule has 2 atom stereocenters. The first-order valence-corrected chi connectivity index (χ1v) is 18.8. The fourth-order valence-corrected chi connectivity index (χ4v) is 8.69. The van der Waals surface area contributed by atoms with E-state index in [-0.39, 0.29) is 11.4 Å². The number of urea groups is 1. The van der Waals surface area contributed by atoms with Crippen molar-refractivity contribution in [2.45, 2.75) is 96.2 Å². The van der Waals surface area contributed by atoms with Crippen LogP contribution < -0.4 is 4.74 Å². The number of carbonyl (C=O) groups is 1. The van der Waals surface area contributed by atoms with Gasteiger partial charge in [-0.05, 0) is 118 Å². The number of carbonyl (C=O) groups excluding carboxylic acids is 1. The summed E-state index contributed by atoms with van der Waals surface area (Å²) in [6.45, 7) is 16.7. The number of hydrogen-bond acceptors (Lipinski definition) is 4. The number of likely N-dealkylation sites (tertiary alicyclic amines) is 2. The summed E-state index contributed by atoms with van der Waals surface area (Å²) in [5.41, 5.74) is 1.39. The minimum atomic E-state index is -0.972. The average molecular weight is 724 g/mol. The number of amides is 2. The normalized spacial score (nSPS) is 23.9. The van der Waals surface area contributed by atoms with E-state index in [1.54, 1.807) is 0 Å². The maximum atomic E-state index is 15.3. The topological polar surface area (TPSA) is 48.4 Å². The highest BCUT2D eigenvalue weighted by molar-refractivity contribution is 6.32. The lowest BCUT2D eigenvalue weighted by atomic mass is 9.71. The molecule has 0 spiro atoms. The van der Waals surface area contributed by atoms with E-state index in [1.807, 2.05) is 77.4 Å². The van der Waals surface area contributed by atoms with Crippen LogP contribution in [0.2, 0.25) is 15.1 Å². The van der Waals surface area contributed by atoms with Crippen molar-refractivity contribution in [3.63, 3.8) is 0 Å². The lowest BCUT2D eigenvalue weighted by Gasteiger charge is -2.48. The molecule has 3 aliphatic heterocycles. The van der Waals surface area contributed by atoms with Gasteiger partial charge >= 0.3 is 6.03 Å². The van der Waals surface area contributed by atoms with Gasteiger partial charge in [-0.25, -0.2) is 4.79 Å². The van der Waals surface area contributed by atoms with Crippen LogP contribution in [0.15, 0.2) is 65.7 Å². The Morgan fingerprint density at radius 3 is 1.98 bits per heavy atom. The zero-order valence-corrected chi connectivity index (χ0v) is 31.9. The molecule has 6 nitrogen and oxygen atoms in total. The van der Waals surface area contributed by atoms with Crippen LogP contribution in [0.1, 0.15) is 95.9 Å². The quantitative estimate of drug-likeness (QED) is 0.254. The van der Waals surface area contributed by atoms with Gasteiger partial charge in [-0.3, -0.25) is 9.89 Å². The molecule has 0 aliphatic carbocycles. The van der Waals surface area contributed by atoms with Crippen LogP contribution in [-0.2, 0) is 16.5 Å². The van der Waals surface area contributed by atoms with E-state index in [9.17, 15) is 0 Å². The Hall–Kier alpha value is -2.77. The third-order valence-electron chi connectivity index (χ3n) is 11.0. The number of aliphatic imine (C=N–C) groups is 1. The monoisotopic (exact) mass is 722 g/mol. The largest absolute Gasteiger partial charge is 0.493 e. The summed E-state index contributed by atoms with van der Waals surface area (Å²) in [7, 11) is 0. The molecule has 9 heteroatoms. The summed E-state index contributed by atoms with van der Waals surface area (Å²) in [5.74, 6) is 1.18. The number of halogens is 3. The second kappa shape index (κ2) is 14.1. The van der Waals surface area contributed by atoms with Crippen LogP contribution in [0.4, 0.5) is 4.79 Å². The highest BCUT2D eigenvalue weighted by Gasteiger charge is 2.60. The van der Waals surface area contributed by atoms with Crippen LogP contribution in [-0.4, -0.2) is 65.4 Å². The second-order valence-corrected chi connectivity index (χ2v) is 16.3. The van der Waals surface area contributed by atoms with Crippen molar-refractivity contribution in [1.82, 2.24) is 14.7 Å². The van der Waals surface area contributed by atoms with E-state index in [4.69, 9.17) is 44.5 Å². The van der Waals surface area contributed by atoms with Gasteiger partial charge in [0.15, 0.2) is 0 Å². The van der Waals surface area contributed by atoms with Crippen molar-refractivity contribution in [3.8, 4) is 5.75 Å². The van der Waals surface area contributed by atoms with E-state index in [1.165, 1.54) is 19.3 Å². The molecule has 2 fully saturated rings. The molecule has 6 rings (SSSR count). The number of amidine groups is 1. The van der Waals surface area contributed by atoms with Gasteiger partial charge < -0.3 is 14.5 Å². The van der Waals surface area contributed by atoms with Gasteiger partial charge in [0.2, 0.25) is 0 Å². The minimum absolute atomic E-state index is 0.0792. The minimum Gasteiger partial charge on any atom is -0.493 e. The van der Waals surface area contributed by atoms with Gasteiger partial charge in [0.1, 0.15) is 22.7 Å². The number of hydrogen-bond donors (Lipinski definition) is 0. The summed E-state index contributed by atoms with van der Waals surface area (Å²) in [6.07, 6.45) is 5.73. The first kappa shape index (κ1) is 36.0. The molecule has 0 aromatic heterocycles. The lowest BCUT2D eigenvalue weighted by Crippen LogP contribution is -2.60. The third-order valence-corrected chi connectivity index (χ3v) is 11.8. The van der Waals surface area contributed by atoms with Crippen molar-refractivity contribution in [1.29, 1.82) is 0 Å². The standard InChI is InChI=1S/C40H49Cl3N4O2/c1-7-49-35-26-33(38(2,3)4)34(43)25-32(35)36-44-39(5,27-11-15-29(41)16-12-27)40(6,28-13-17-30(42)18-14-28)47(36)37(48)46-23-19-31(20-24-46)45-21-9-8-10-22-45/h11-18,25-26,31H,7-10,19-24H2,1-6H3/t39-,40-/m0/s1. The lowest BCUT2D eigenvalue weighted by molar-refractivity contribution is 0.0755. The summed E-state index contributed by atoms with van der Waals surface area (Å²) < 4.78 is 6.34.